The Balaban J connectivity index is 1.76. The number of carbonyl (C=O) groups is 2. The first-order valence-corrected chi connectivity index (χ1v) is 10.1. The average Bonchev–Trinajstić information content (AvgIpc) is 2.80. The maximum atomic E-state index is 12.5. The van der Waals surface area contributed by atoms with Crippen molar-refractivity contribution in [2.45, 2.75) is 0 Å². The van der Waals surface area contributed by atoms with Crippen LogP contribution < -0.4 is 15.4 Å². The highest BCUT2D eigenvalue weighted by molar-refractivity contribution is 6.44. The highest BCUT2D eigenvalue weighted by atomic mass is 35.5. The topological polar surface area (TPSA) is 91.2 Å². The molecule has 0 heterocycles. The van der Waals surface area contributed by atoms with E-state index in [0.717, 1.165) is 0 Å². The summed E-state index contributed by atoms with van der Waals surface area (Å²) in [5.41, 5.74) is 1.68. The lowest BCUT2D eigenvalue weighted by Crippen LogP contribution is -2.14. The normalized spacial score (nSPS) is 10.8. The number of methoxy groups -OCH3 is 1. The number of anilines is 2. The van der Waals surface area contributed by atoms with Gasteiger partial charge in [-0.2, -0.15) is 5.26 Å². The van der Waals surface area contributed by atoms with Crippen LogP contribution in [0.1, 0.15) is 15.9 Å². The van der Waals surface area contributed by atoms with E-state index in [2.05, 4.69) is 10.6 Å². The predicted octanol–water partition coefficient (Wildman–Crippen LogP) is 5.80. The van der Waals surface area contributed by atoms with E-state index in [-0.39, 0.29) is 21.5 Å². The second kappa shape index (κ2) is 10.5. The van der Waals surface area contributed by atoms with Crippen molar-refractivity contribution in [1.29, 1.82) is 5.26 Å². The van der Waals surface area contributed by atoms with Crippen molar-refractivity contribution in [2.75, 3.05) is 17.7 Å². The summed E-state index contributed by atoms with van der Waals surface area (Å²) in [7, 11) is 1.55. The molecule has 8 heteroatoms. The van der Waals surface area contributed by atoms with Gasteiger partial charge in [-0.3, -0.25) is 9.59 Å². The lowest BCUT2D eigenvalue weighted by molar-refractivity contribution is -0.112. The van der Waals surface area contributed by atoms with Gasteiger partial charge in [-0.1, -0.05) is 41.4 Å². The minimum Gasteiger partial charge on any atom is -0.497 e. The van der Waals surface area contributed by atoms with E-state index in [4.69, 9.17) is 27.9 Å². The number of ether oxygens (including phenoxy) is 1. The number of hydrogen-bond acceptors (Lipinski definition) is 4. The molecule has 0 saturated heterocycles. The Morgan fingerprint density at radius 1 is 1.00 bits per heavy atom. The first-order chi connectivity index (χ1) is 15.4. The van der Waals surface area contributed by atoms with Crippen LogP contribution in [0.3, 0.4) is 0 Å². The summed E-state index contributed by atoms with van der Waals surface area (Å²) < 4.78 is 5.09. The minimum atomic E-state index is -0.635. The summed E-state index contributed by atoms with van der Waals surface area (Å²) in [6.45, 7) is 0. The fourth-order valence-corrected chi connectivity index (χ4v) is 3.10. The van der Waals surface area contributed by atoms with Crippen molar-refractivity contribution in [1.82, 2.24) is 0 Å². The van der Waals surface area contributed by atoms with E-state index in [1.165, 1.54) is 6.08 Å². The second-order valence-corrected chi connectivity index (χ2v) is 7.32. The molecule has 3 rings (SSSR count). The van der Waals surface area contributed by atoms with Crippen molar-refractivity contribution < 1.29 is 14.3 Å². The number of nitrogens with zero attached hydrogens (tertiary/aromatic N) is 1. The van der Waals surface area contributed by atoms with E-state index in [9.17, 15) is 14.9 Å². The molecule has 0 aromatic heterocycles. The number of amides is 2. The molecule has 0 aliphatic carbocycles. The first-order valence-electron chi connectivity index (χ1n) is 9.34. The molecule has 0 unspecified atom stereocenters. The van der Waals surface area contributed by atoms with Gasteiger partial charge in [0.05, 0.1) is 22.8 Å². The zero-order chi connectivity index (χ0) is 23.1. The summed E-state index contributed by atoms with van der Waals surface area (Å²) in [5, 5.41) is 15.3. The maximum Gasteiger partial charge on any atom is 0.266 e. The molecule has 6 nitrogen and oxygen atoms in total. The number of benzene rings is 3. The van der Waals surface area contributed by atoms with Crippen LogP contribution in [0.2, 0.25) is 10.0 Å². The molecule has 2 amide bonds. The van der Waals surface area contributed by atoms with Crippen LogP contribution in [0.25, 0.3) is 6.08 Å². The fraction of sp³-hybridized carbons (Fsp3) is 0.0417. The Kier molecular flexibility index (Phi) is 7.50. The van der Waals surface area contributed by atoms with Gasteiger partial charge in [0.1, 0.15) is 17.4 Å². The number of carbonyl (C=O) groups excluding carboxylic acids is 2. The number of halogens is 2. The standard InChI is InChI=1S/C24H17Cl2N3O3/c1-32-19-10-8-16(9-11-19)23(30)28-18-5-2-4-15(13-18)12-17(14-27)24(31)29-21-7-3-6-20(25)22(21)26/h2-13H,1H3,(H,28,30)(H,29,31)/b17-12+. The molecular formula is C24H17Cl2N3O3. The molecular weight excluding hydrogens is 449 g/mol. The van der Waals surface area contributed by atoms with Gasteiger partial charge < -0.3 is 15.4 Å². The summed E-state index contributed by atoms with van der Waals surface area (Å²) in [5.74, 6) is -0.290. The van der Waals surface area contributed by atoms with Crippen LogP contribution in [0.4, 0.5) is 11.4 Å². The van der Waals surface area contributed by atoms with E-state index in [1.807, 2.05) is 6.07 Å². The van der Waals surface area contributed by atoms with E-state index in [0.29, 0.717) is 28.3 Å². The molecule has 160 valence electrons. The third-order valence-corrected chi connectivity index (χ3v) is 5.19. The van der Waals surface area contributed by atoms with Crippen molar-refractivity contribution >= 4 is 52.5 Å². The van der Waals surface area contributed by atoms with Crippen LogP contribution in [-0.2, 0) is 4.79 Å². The molecule has 3 aromatic carbocycles. The Bertz CT molecular complexity index is 1230. The first kappa shape index (κ1) is 22.9. The van der Waals surface area contributed by atoms with Crippen molar-refractivity contribution in [3.05, 3.63) is 93.5 Å². The summed E-state index contributed by atoms with van der Waals surface area (Å²) in [6, 6.07) is 20.1. The summed E-state index contributed by atoms with van der Waals surface area (Å²) >= 11 is 12.0. The third kappa shape index (κ3) is 5.67. The van der Waals surface area contributed by atoms with Crippen LogP contribution in [0, 0.1) is 11.3 Å². The second-order valence-electron chi connectivity index (χ2n) is 6.53. The van der Waals surface area contributed by atoms with Crippen molar-refractivity contribution in [2.24, 2.45) is 0 Å². The molecule has 0 bridgehead atoms. The Morgan fingerprint density at radius 3 is 2.41 bits per heavy atom. The number of nitrogens with one attached hydrogen (secondary N) is 2. The van der Waals surface area contributed by atoms with E-state index < -0.39 is 5.91 Å². The molecule has 2 N–H and O–H groups in total. The summed E-state index contributed by atoms with van der Waals surface area (Å²) in [6.07, 6.45) is 1.41. The van der Waals surface area contributed by atoms with E-state index in [1.54, 1.807) is 73.8 Å². The molecule has 0 radical (unpaired) electrons. The third-order valence-electron chi connectivity index (χ3n) is 4.37. The van der Waals surface area contributed by atoms with Gasteiger partial charge >= 0.3 is 0 Å². The van der Waals surface area contributed by atoms with Crippen LogP contribution >= 0.6 is 23.2 Å². The van der Waals surface area contributed by atoms with Gasteiger partial charge in [0.15, 0.2) is 0 Å². The van der Waals surface area contributed by atoms with Crippen molar-refractivity contribution in [3.8, 4) is 11.8 Å². The highest BCUT2D eigenvalue weighted by Crippen LogP contribution is 2.30. The number of rotatable bonds is 6. The average molecular weight is 466 g/mol. The molecule has 32 heavy (non-hydrogen) atoms. The molecule has 3 aromatic rings. The van der Waals surface area contributed by atoms with Gasteiger partial charge in [0.2, 0.25) is 0 Å². The van der Waals surface area contributed by atoms with Gasteiger partial charge in [-0.15, -0.1) is 0 Å². The molecule has 0 spiro atoms. The Hall–Kier alpha value is -3.79. The molecule has 0 aliphatic rings. The van der Waals surface area contributed by atoms with Crippen molar-refractivity contribution in [3.63, 3.8) is 0 Å². The van der Waals surface area contributed by atoms with Gasteiger partial charge in [0.25, 0.3) is 11.8 Å². The Morgan fingerprint density at radius 2 is 1.72 bits per heavy atom. The monoisotopic (exact) mass is 465 g/mol. The van der Waals surface area contributed by atoms with Gasteiger partial charge in [-0.05, 0) is 60.2 Å². The minimum absolute atomic E-state index is 0.139. The fourth-order valence-electron chi connectivity index (χ4n) is 2.76. The van der Waals surface area contributed by atoms with Crippen LogP contribution in [0.5, 0.6) is 5.75 Å². The highest BCUT2D eigenvalue weighted by Gasteiger charge is 2.13. The molecule has 0 fully saturated rings. The SMILES string of the molecule is COc1ccc(C(=O)Nc2cccc(/C=C(\C#N)C(=O)Nc3cccc(Cl)c3Cl)c2)cc1. The Labute approximate surface area is 195 Å². The van der Waals surface area contributed by atoms with E-state index >= 15 is 0 Å². The molecule has 0 atom stereocenters. The van der Waals surface area contributed by atoms with Gasteiger partial charge in [0, 0.05) is 11.3 Å². The molecule has 0 aliphatic heterocycles. The zero-order valence-electron chi connectivity index (χ0n) is 16.9. The smallest absolute Gasteiger partial charge is 0.266 e. The largest absolute Gasteiger partial charge is 0.497 e. The number of nitriles is 1. The predicted molar refractivity (Wildman–Crippen MR) is 126 cm³/mol. The zero-order valence-corrected chi connectivity index (χ0v) is 18.4. The quantitative estimate of drug-likeness (QED) is 0.355. The van der Waals surface area contributed by atoms with Crippen LogP contribution in [0.15, 0.2) is 72.3 Å². The van der Waals surface area contributed by atoms with Gasteiger partial charge in [-0.25, -0.2) is 0 Å². The maximum absolute atomic E-state index is 12.5. The van der Waals surface area contributed by atoms with Crippen LogP contribution in [-0.4, -0.2) is 18.9 Å². The lowest BCUT2D eigenvalue weighted by Gasteiger charge is -2.08. The summed E-state index contributed by atoms with van der Waals surface area (Å²) in [4.78, 5) is 25.0. The number of hydrogen-bond donors (Lipinski definition) is 2. The molecule has 0 saturated carbocycles. The lowest BCUT2D eigenvalue weighted by atomic mass is 10.1.